The zero-order valence-corrected chi connectivity index (χ0v) is 13.1. The van der Waals surface area contributed by atoms with E-state index in [0.29, 0.717) is 22.7 Å². The summed E-state index contributed by atoms with van der Waals surface area (Å²) in [6.07, 6.45) is 5.26. The molecule has 0 saturated heterocycles. The number of hydrogen-bond donors (Lipinski definition) is 1. The van der Waals surface area contributed by atoms with E-state index in [1.54, 1.807) is 0 Å². The van der Waals surface area contributed by atoms with Crippen molar-refractivity contribution in [2.24, 2.45) is 11.7 Å². The quantitative estimate of drug-likeness (QED) is 0.797. The summed E-state index contributed by atoms with van der Waals surface area (Å²) in [6.45, 7) is 2.94. The van der Waals surface area contributed by atoms with Crippen molar-refractivity contribution in [3.8, 4) is 11.4 Å². The molecule has 2 N–H and O–H groups in total. The number of nitrogens with zero attached hydrogens (tertiary/aromatic N) is 2. The smallest absolute Gasteiger partial charge is 0.226 e. The van der Waals surface area contributed by atoms with Crippen molar-refractivity contribution >= 4 is 11.6 Å². The second-order valence-corrected chi connectivity index (χ2v) is 5.67. The van der Waals surface area contributed by atoms with Crippen LogP contribution < -0.4 is 5.73 Å². The zero-order valence-electron chi connectivity index (χ0n) is 12.4. The largest absolute Gasteiger partial charge is 0.339 e. The Bertz CT molecular complexity index is 550. The first kappa shape index (κ1) is 16.0. The van der Waals surface area contributed by atoms with Gasteiger partial charge >= 0.3 is 0 Å². The maximum atomic E-state index is 6.14. The monoisotopic (exact) mass is 307 g/mol. The van der Waals surface area contributed by atoms with E-state index in [2.05, 4.69) is 17.1 Å². The second kappa shape index (κ2) is 8.15. The minimum atomic E-state index is 0.557. The van der Waals surface area contributed by atoms with Gasteiger partial charge in [-0.3, -0.25) is 0 Å². The Morgan fingerprint density at radius 1 is 1.24 bits per heavy atom. The molecule has 4 nitrogen and oxygen atoms in total. The van der Waals surface area contributed by atoms with Gasteiger partial charge in [-0.2, -0.15) is 4.98 Å². The highest BCUT2D eigenvalue weighted by molar-refractivity contribution is 6.33. The van der Waals surface area contributed by atoms with E-state index in [0.717, 1.165) is 31.4 Å². The minimum absolute atomic E-state index is 0.557. The fourth-order valence-corrected chi connectivity index (χ4v) is 2.73. The molecule has 2 rings (SSSR count). The molecule has 1 heterocycles. The van der Waals surface area contributed by atoms with Gasteiger partial charge in [0.2, 0.25) is 11.7 Å². The van der Waals surface area contributed by atoms with E-state index in [-0.39, 0.29) is 0 Å². The summed E-state index contributed by atoms with van der Waals surface area (Å²) in [5.41, 5.74) is 6.47. The summed E-state index contributed by atoms with van der Waals surface area (Å²) in [5, 5.41) is 4.66. The number of benzene rings is 1. The van der Waals surface area contributed by atoms with Gasteiger partial charge in [0.15, 0.2) is 0 Å². The van der Waals surface area contributed by atoms with Gasteiger partial charge in [0, 0.05) is 12.0 Å². The van der Waals surface area contributed by atoms with Crippen LogP contribution in [0.2, 0.25) is 5.02 Å². The maximum absolute atomic E-state index is 6.14. The van der Waals surface area contributed by atoms with E-state index in [9.17, 15) is 0 Å². The van der Waals surface area contributed by atoms with Crippen molar-refractivity contribution < 1.29 is 4.52 Å². The van der Waals surface area contributed by atoms with Crippen LogP contribution in [0, 0.1) is 5.92 Å². The lowest BCUT2D eigenvalue weighted by Gasteiger charge is -2.13. The third-order valence-corrected chi connectivity index (χ3v) is 3.95. The van der Waals surface area contributed by atoms with Crippen molar-refractivity contribution in [2.75, 3.05) is 6.54 Å². The van der Waals surface area contributed by atoms with Crippen LogP contribution >= 0.6 is 11.6 Å². The highest BCUT2D eigenvalue weighted by atomic mass is 35.5. The summed E-state index contributed by atoms with van der Waals surface area (Å²) in [7, 11) is 0. The lowest BCUT2D eigenvalue weighted by Crippen LogP contribution is -2.09. The molecule has 114 valence electrons. The molecule has 0 fully saturated rings. The standard InChI is InChI=1S/C16H22ClN3O/c1-2-5-12(10-11-18)8-9-15-19-16(20-21-15)13-6-3-4-7-14(13)17/h3-4,6-7,12H,2,5,8-11,18H2,1H3. The first-order chi connectivity index (χ1) is 10.2. The molecule has 1 unspecified atom stereocenters. The van der Waals surface area contributed by atoms with E-state index in [1.165, 1.54) is 12.8 Å². The Balaban J connectivity index is 1.98. The lowest BCUT2D eigenvalue weighted by atomic mass is 9.94. The molecule has 0 saturated carbocycles. The van der Waals surface area contributed by atoms with Crippen LogP contribution in [0.1, 0.15) is 38.5 Å². The number of rotatable bonds is 8. The van der Waals surface area contributed by atoms with Gasteiger partial charge in [0.1, 0.15) is 0 Å². The van der Waals surface area contributed by atoms with Crippen LogP contribution in [0.25, 0.3) is 11.4 Å². The fourth-order valence-electron chi connectivity index (χ4n) is 2.51. The van der Waals surface area contributed by atoms with Crippen molar-refractivity contribution in [3.63, 3.8) is 0 Å². The normalized spacial score (nSPS) is 12.5. The molecular weight excluding hydrogens is 286 g/mol. The molecule has 1 aromatic heterocycles. The van der Waals surface area contributed by atoms with Crippen LogP contribution in [-0.4, -0.2) is 16.7 Å². The highest BCUT2D eigenvalue weighted by Crippen LogP contribution is 2.25. The van der Waals surface area contributed by atoms with Crippen molar-refractivity contribution in [1.29, 1.82) is 0 Å². The fraction of sp³-hybridized carbons (Fsp3) is 0.500. The SMILES string of the molecule is CCCC(CCN)CCc1nc(-c2ccccc2Cl)no1. The molecule has 2 aromatic rings. The Labute approximate surface area is 130 Å². The summed E-state index contributed by atoms with van der Waals surface area (Å²) in [5.74, 6) is 1.86. The van der Waals surface area contributed by atoms with Crippen LogP contribution in [0.5, 0.6) is 0 Å². The maximum Gasteiger partial charge on any atom is 0.226 e. The van der Waals surface area contributed by atoms with Crippen molar-refractivity contribution in [2.45, 2.75) is 39.0 Å². The summed E-state index contributed by atoms with van der Waals surface area (Å²) < 4.78 is 5.33. The van der Waals surface area contributed by atoms with Gasteiger partial charge in [-0.1, -0.05) is 48.7 Å². The van der Waals surface area contributed by atoms with Crippen LogP contribution in [0.4, 0.5) is 0 Å². The van der Waals surface area contributed by atoms with Gasteiger partial charge in [-0.05, 0) is 37.4 Å². The van der Waals surface area contributed by atoms with Gasteiger partial charge < -0.3 is 10.3 Å². The van der Waals surface area contributed by atoms with E-state index >= 15 is 0 Å². The molecule has 1 atom stereocenters. The van der Waals surface area contributed by atoms with Gasteiger partial charge in [-0.25, -0.2) is 0 Å². The molecule has 21 heavy (non-hydrogen) atoms. The Morgan fingerprint density at radius 3 is 2.76 bits per heavy atom. The molecular formula is C16H22ClN3O. The molecule has 0 spiro atoms. The summed E-state index contributed by atoms with van der Waals surface area (Å²) in [4.78, 5) is 4.44. The predicted octanol–water partition coefficient (Wildman–Crippen LogP) is 4.09. The van der Waals surface area contributed by atoms with Gasteiger partial charge in [0.05, 0.1) is 5.02 Å². The molecule has 0 aliphatic heterocycles. The molecule has 5 heteroatoms. The van der Waals surface area contributed by atoms with Crippen LogP contribution in [-0.2, 0) is 6.42 Å². The van der Waals surface area contributed by atoms with Gasteiger partial charge in [-0.15, -0.1) is 0 Å². The minimum Gasteiger partial charge on any atom is -0.339 e. The predicted molar refractivity (Wildman–Crippen MR) is 85.1 cm³/mol. The number of aryl methyl sites for hydroxylation is 1. The molecule has 0 bridgehead atoms. The Hall–Kier alpha value is -1.39. The second-order valence-electron chi connectivity index (χ2n) is 5.26. The van der Waals surface area contributed by atoms with Gasteiger partial charge in [0.25, 0.3) is 0 Å². The summed E-state index contributed by atoms with van der Waals surface area (Å²) >= 11 is 6.14. The third-order valence-electron chi connectivity index (χ3n) is 3.62. The number of halogens is 1. The van der Waals surface area contributed by atoms with Crippen LogP contribution in [0.15, 0.2) is 28.8 Å². The van der Waals surface area contributed by atoms with E-state index in [4.69, 9.17) is 21.9 Å². The highest BCUT2D eigenvalue weighted by Gasteiger charge is 2.13. The topological polar surface area (TPSA) is 64.9 Å². The summed E-state index contributed by atoms with van der Waals surface area (Å²) in [6, 6.07) is 7.52. The van der Waals surface area contributed by atoms with E-state index < -0.39 is 0 Å². The molecule has 0 amide bonds. The Kier molecular flexibility index (Phi) is 6.21. The third kappa shape index (κ3) is 4.55. The first-order valence-corrected chi connectivity index (χ1v) is 7.90. The van der Waals surface area contributed by atoms with Crippen molar-refractivity contribution in [3.05, 3.63) is 35.2 Å². The molecule has 0 aliphatic rings. The van der Waals surface area contributed by atoms with Crippen LogP contribution in [0.3, 0.4) is 0 Å². The zero-order chi connectivity index (χ0) is 15.1. The Morgan fingerprint density at radius 2 is 2.05 bits per heavy atom. The lowest BCUT2D eigenvalue weighted by molar-refractivity contribution is 0.349. The van der Waals surface area contributed by atoms with E-state index in [1.807, 2.05) is 24.3 Å². The molecule has 0 radical (unpaired) electrons. The van der Waals surface area contributed by atoms with Crippen molar-refractivity contribution in [1.82, 2.24) is 10.1 Å². The number of nitrogens with two attached hydrogens (primary N) is 1. The number of aromatic nitrogens is 2. The molecule has 1 aromatic carbocycles. The molecule has 0 aliphatic carbocycles. The number of hydrogen-bond acceptors (Lipinski definition) is 4. The average molecular weight is 308 g/mol. The average Bonchev–Trinajstić information content (AvgIpc) is 2.94. The first-order valence-electron chi connectivity index (χ1n) is 7.52.